The molecule has 0 saturated carbocycles. The van der Waals surface area contributed by atoms with Crippen LogP contribution < -0.4 is 0 Å². The lowest BCUT2D eigenvalue weighted by molar-refractivity contribution is 0.602. The number of hydrogen-bond acceptors (Lipinski definition) is 7. The number of hydrogen-bond donors (Lipinski definition) is 2. The van der Waals surface area contributed by atoms with Crippen LogP contribution in [0.5, 0.6) is 0 Å². The molecule has 2 N–H and O–H groups in total. The number of aromatic nitrogens is 6. The number of aryl methyl sites for hydroxylation is 1. The van der Waals surface area contributed by atoms with E-state index < -0.39 is 9.84 Å². The van der Waals surface area contributed by atoms with Gasteiger partial charge in [0.15, 0.2) is 15.5 Å². The van der Waals surface area contributed by atoms with Gasteiger partial charge in [0, 0.05) is 6.26 Å². The number of nitrogens with one attached hydrogen (secondary N) is 2. The first-order chi connectivity index (χ1) is 12.1. The molecule has 0 aliphatic carbocycles. The highest BCUT2D eigenvalue weighted by Crippen LogP contribution is 2.33. The minimum atomic E-state index is -3.59. The molecule has 0 fully saturated rings. The van der Waals surface area contributed by atoms with Crippen molar-refractivity contribution in [1.29, 1.82) is 0 Å². The zero-order valence-corrected chi connectivity index (χ0v) is 15.6. The second kappa shape index (κ2) is 6.02. The van der Waals surface area contributed by atoms with E-state index in [0.29, 0.717) is 34.1 Å². The van der Waals surface area contributed by atoms with Crippen molar-refractivity contribution < 1.29 is 8.42 Å². The van der Waals surface area contributed by atoms with Crippen LogP contribution in [0.25, 0.3) is 16.8 Å². The molecule has 0 aliphatic rings. The molecule has 0 spiro atoms. The van der Waals surface area contributed by atoms with Crippen molar-refractivity contribution >= 4 is 38.1 Å². The first kappa shape index (κ1) is 17.7. The average Bonchev–Trinajstić information content (AvgIpc) is 3.19. The van der Waals surface area contributed by atoms with Gasteiger partial charge in [0.25, 0.3) is 0 Å². The van der Waals surface area contributed by atoms with E-state index in [2.05, 4.69) is 48.9 Å². The van der Waals surface area contributed by atoms with Gasteiger partial charge in [-0.25, -0.2) is 12.9 Å². The predicted octanol–water partition coefficient (Wildman–Crippen LogP) is 2.97. The SMILES string of the molecule is C=C(C)c1[nH]nc(N=Nc2c(C(=C)C)[nH]n3c(C)nnc23)c1S(C)(=O)=O. The molecule has 0 radical (unpaired) electrons. The van der Waals surface area contributed by atoms with Crippen LogP contribution in [0.4, 0.5) is 11.5 Å². The number of azo groups is 1. The second-order valence-corrected chi connectivity index (χ2v) is 7.98. The molecule has 0 bridgehead atoms. The first-order valence-electron chi connectivity index (χ1n) is 7.57. The summed E-state index contributed by atoms with van der Waals surface area (Å²) < 4.78 is 25.9. The van der Waals surface area contributed by atoms with Crippen LogP contribution in [-0.2, 0) is 9.84 Å². The third-order valence-corrected chi connectivity index (χ3v) is 4.80. The van der Waals surface area contributed by atoms with Crippen LogP contribution >= 0.6 is 0 Å². The Hall–Kier alpha value is -3.08. The Labute approximate surface area is 149 Å². The zero-order chi connectivity index (χ0) is 19.2. The Morgan fingerprint density at radius 1 is 1.12 bits per heavy atom. The van der Waals surface area contributed by atoms with E-state index in [9.17, 15) is 8.42 Å². The fraction of sp³-hybridized carbons (Fsp3) is 0.267. The minimum Gasteiger partial charge on any atom is -0.288 e. The molecule has 3 aromatic heterocycles. The van der Waals surface area contributed by atoms with Crippen LogP contribution in [-0.4, -0.2) is 44.7 Å². The lowest BCUT2D eigenvalue weighted by Gasteiger charge is -2.00. The molecule has 0 atom stereocenters. The third-order valence-electron chi connectivity index (χ3n) is 3.67. The van der Waals surface area contributed by atoms with Gasteiger partial charge in [-0.1, -0.05) is 13.2 Å². The lowest BCUT2D eigenvalue weighted by Crippen LogP contribution is -1.99. The maximum absolute atomic E-state index is 12.1. The molecule has 0 saturated heterocycles. The van der Waals surface area contributed by atoms with Crippen molar-refractivity contribution in [1.82, 2.24) is 30.0 Å². The highest BCUT2D eigenvalue weighted by molar-refractivity contribution is 7.91. The molecule has 0 aliphatic heterocycles. The standard InChI is InChI=1S/C15H18N8O2S/c1-7(2)10-12(15-21-16-9(5)23(15)22-10)18-20-14-13(26(6,24)25)11(8(3)4)17-19-14/h22H,1,3H2,2,4-6H3,(H,17,19). The molecular weight excluding hydrogens is 356 g/mol. The number of fused-ring (bicyclic) bond motifs is 1. The number of sulfone groups is 1. The van der Waals surface area contributed by atoms with Gasteiger partial charge < -0.3 is 0 Å². The molecule has 0 amide bonds. The third kappa shape index (κ3) is 2.86. The highest BCUT2D eigenvalue weighted by atomic mass is 32.2. The van der Waals surface area contributed by atoms with Gasteiger partial charge >= 0.3 is 0 Å². The number of nitrogens with zero attached hydrogens (tertiary/aromatic N) is 6. The zero-order valence-electron chi connectivity index (χ0n) is 14.8. The maximum atomic E-state index is 12.1. The van der Waals surface area contributed by atoms with E-state index >= 15 is 0 Å². The largest absolute Gasteiger partial charge is 0.288 e. The molecular formula is C15H18N8O2S. The Kier molecular flexibility index (Phi) is 4.11. The summed E-state index contributed by atoms with van der Waals surface area (Å²) in [6, 6.07) is 0. The molecule has 3 rings (SSSR count). The molecule has 10 nitrogen and oxygen atoms in total. The molecule has 11 heteroatoms. The van der Waals surface area contributed by atoms with Crippen molar-refractivity contribution in [3.05, 3.63) is 30.4 Å². The quantitative estimate of drug-likeness (QED) is 0.662. The maximum Gasteiger partial charge on any atom is 0.214 e. The summed E-state index contributed by atoms with van der Waals surface area (Å²) in [5.41, 5.74) is 3.03. The van der Waals surface area contributed by atoms with Crippen molar-refractivity contribution in [3.8, 4) is 0 Å². The smallest absolute Gasteiger partial charge is 0.214 e. The summed E-state index contributed by atoms with van der Waals surface area (Å²) in [6.45, 7) is 12.9. The Morgan fingerprint density at radius 3 is 2.35 bits per heavy atom. The van der Waals surface area contributed by atoms with Gasteiger partial charge in [-0.15, -0.1) is 20.4 Å². The Morgan fingerprint density at radius 2 is 1.77 bits per heavy atom. The van der Waals surface area contributed by atoms with E-state index in [4.69, 9.17) is 0 Å². The summed E-state index contributed by atoms with van der Waals surface area (Å²) in [4.78, 5) is -0.0465. The van der Waals surface area contributed by atoms with Gasteiger partial charge in [0.1, 0.15) is 10.7 Å². The Balaban J connectivity index is 2.18. The predicted molar refractivity (Wildman–Crippen MR) is 97.4 cm³/mol. The van der Waals surface area contributed by atoms with E-state index in [-0.39, 0.29) is 10.7 Å². The minimum absolute atomic E-state index is 0.0465. The summed E-state index contributed by atoms with van der Waals surface area (Å²) in [6.07, 6.45) is 1.08. The molecule has 0 aromatic carbocycles. The lowest BCUT2D eigenvalue weighted by atomic mass is 10.2. The van der Waals surface area contributed by atoms with Crippen molar-refractivity contribution in [3.63, 3.8) is 0 Å². The fourth-order valence-electron chi connectivity index (χ4n) is 2.45. The van der Waals surface area contributed by atoms with Crippen LogP contribution in [0.15, 0.2) is 28.3 Å². The van der Waals surface area contributed by atoms with Crippen LogP contribution in [0.1, 0.15) is 31.1 Å². The molecule has 3 heterocycles. The van der Waals surface area contributed by atoms with Crippen LogP contribution in [0.3, 0.4) is 0 Å². The normalized spacial score (nSPS) is 12.3. The van der Waals surface area contributed by atoms with Crippen molar-refractivity contribution in [2.45, 2.75) is 25.7 Å². The van der Waals surface area contributed by atoms with Crippen molar-refractivity contribution in [2.24, 2.45) is 10.2 Å². The summed E-state index contributed by atoms with van der Waals surface area (Å²) >= 11 is 0. The number of allylic oxidation sites excluding steroid dienone is 2. The molecule has 136 valence electrons. The molecule has 0 unspecified atom stereocenters. The number of rotatable bonds is 5. The summed E-state index contributed by atoms with van der Waals surface area (Å²) in [5.74, 6) is 0.596. The molecule has 3 aromatic rings. The van der Waals surface area contributed by atoms with Crippen molar-refractivity contribution in [2.75, 3.05) is 6.26 Å². The van der Waals surface area contributed by atoms with E-state index in [1.165, 1.54) is 0 Å². The number of aromatic amines is 2. The monoisotopic (exact) mass is 374 g/mol. The molecule has 26 heavy (non-hydrogen) atoms. The first-order valence-corrected chi connectivity index (χ1v) is 9.46. The van der Waals surface area contributed by atoms with Gasteiger partial charge in [-0.2, -0.15) is 5.10 Å². The average molecular weight is 374 g/mol. The van der Waals surface area contributed by atoms with E-state index in [1.54, 1.807) is 18.4 Å². The topological polar surface area (TPSA) is 134 Å². The summed E-state index contributed by atoms with van der Waals surface area (Å²) in [5, 5.41) is 26.0. The van der Waals surface area contributed by atoms with Crippen LogP contribution in [0, 0.1) is 6.92 Å². The second-order valence-electron chi connectivity index (χ2n) is 6.03. The van der Waals surface area contributed by atoms with E-state index in [1.807, 2.05) is 6.92 Å². The number of H-pyrrole nitrogens is 2. The summed E-state index contributed by atoms with van der Waals surface area (Å²) in [7, 11) is -3.59. The van der Waals surface area contributed by atoms with E-state index in [0.717, 1.165) is 11.8 Å². The van der Waals surface area contributed by atoms with Gasteiger partial charge in [-0.05, 0) is 31.9 Å². The fourth-order valence-corrected chi connectivity index (χ4v) is 3.45. The highest BCUT2D eigenvalue weighted by Gasteiger charge is 2.23. The van der Waals surface area contributed by atoms with Gasteiger partial charge in [0.2, 0.25) is 11.5 Å². The van der Waals surface area contributed by atoms with Gasteiger partial charge in [0.05, 0.1) is 11.4 Å². The van der Waals surface area contributed by atoms with Gasteiger partial charge in [-0.3, -0.25) is 10.2 Å². The van der Waals surface area contributed by atoms with Crippen LogP contribution in [0.2, 0.25) is 0 Å². The Bertz CT molecular complexity index is 1180.